The molecule has 3 aromatic heterocycles. The second-order valence-corrected chi connectivity index (χ2v) is 8.70. The molecule has 4 aromatic rings. The molecule has 1 fully saturated rings. The molecule has 2 N–H and O–H groups in total. The van der Waals surface area contributed by atoms with E-state index >= 15 is 0 Å². The molecule has 2 atom stereocenters. The molecule has 0 bridgehead atoms. The summed E-state index contributed by atoms with van der Waals surface area (Å²) in [6, 6.07) is 18.5. The highest BCUT2D eigenvalue weighted by Gasteiger charge is 2.41. The fourth-order valence-corrected chi connectivity index (χ4v) is 5.10. The van der Waals surface area contributed by atoms with Gasteiger partial charge in [-0.3, -0.25) is 4.98 Å². The number of pyridine rings is 1. The van der Waals surface area contributed by atoms with Gasteiger partial charge in [0, 0.05) is 17.6 Å². The minimum Gasteiger partial charge on any atom is -0.478 e. The van der Waals surface area contributed by atoms with Crippen molar-refractivity contribution in [1.29, 1.82) is 0 Å². The number of hydrogen-bond donors (Lipinski definition) is 2. The van der Waals surface area contributed by atoms with Crippen LogP contribution in [0.1, 0.15) is 50.8 Å². The number of nitrogens with zero attached hydrogens (tertiary/aromatic N) is 3. The molecular weight excluding hydrogens is 448 g/mol. The number of aryl methyl sites for hydroxylation is 1. The van der Waals surface area contributed by atoms with E-state index in [4.69, 9.17) is 16.6 Å². The number of carbonyl (C=O) groups is 1. The van der Waals surface area contributed by atoms with E-state index in [0.717, 1.165) is 28.4 Å². The molecule has 0 unspecified atom stereocenters. The highest BCUT2D eigenvalue weighted by atomic mass is 32.1. The van der Waals surface area contributed by atoms with E-state index in [1.54, 1.807) is 24.6 Å². The van der Waals surface area contributed by atoms with Crippen LogP contribution in [0.15, 0.2) is 77.5 Å². The maximum absolute atomic E-state index is 11.9. The Labute approximate surface area is 202 Å². The van der Waals surface area contributed by atoms with E-state index in [9.17, 15) is 9.90 Å². The topological polar surface area (TPSA) is 83.5 Å². The average molecular weight is 473 g/mol. The lowest BCUT2D eigenvalue weighted by Gasteiger charge is -2.27. The first-order valence-corrected chi connectivity index (χ1v) is 11.4. The van der Waals surface area contributed by atoms with Crippen LogP contribution >= 0.6 is 12.2 Å². The Hall–Kier alpha value is -3.91. The summed E-state index contributed by atoms with van der Waals surface area (Å²) < 4.78 is 7.63. The number of aromatic nitrogens is 2. The van der Waals surface area contributed by atoms with Gasteiger partial charge in [0.15, 0.2) is 5.11 Å². The second-order valence-electron chi connectivity index (χ2n) is 8.32. The first kappa shape index (κ1) is 21.9. The minimum absolute atomic E-state index is 0.163. The highest BCUT2D eigenvalue weighted by molar-refractivity contribution is 7.80. The standard InChI is InChI=1S/C26H24N4O3S/c1-16-14-20(17(2)30(16)22-11-4-3-9-19(22)25(31)32)24-23(21-10-5-6-12-27-21)28-26(34)29(24)15-18-8-7-13-33-18/h3-14,23-24H,15H2,1-2H3,(H,28,34)(H,31,32)/t23-,24+/m0/s1. The van der Waals surface area contributed by atoms with Gasteiger partial charge in [0.25, 0.3) is 0 Å². The molecule has 34 heavy (non-hydrogen) atoms. The van der Waals surface area contributed by atoms with Gasteiger partial charge in [-0.1, -0.05) is 18.2 Å². The molecule has 1 aromatic carbocycles. The lowest BCUT2D eigenvalue weighted by atomic mass is 9.96. The van der Waals surface area contributed by atoms with Gasteiger partial charge >= 0.3 is 5.97 Å². The maximum Gasteiger partial charge on any atom is 0.337 e. The smallest absolute Gasteiger partial charge is 0.337 e. The quantitative estimate of drug-likeness (QED) is 0.384. The summed E-state index contributed by atoms with van der Waals surface area (Å²) in [6.07, 6.45) is 3.43. The van der Waals surface area contributed by atoms with E-state index in [0.29, 0.717) is 17.3 Å². The minimum atomic E-state index is -0.959. The van der Waals surface area contributed by atoms with Gasteiger partial charge in [-0.15, -0.1) is 0 Å². The number of thiocarbonyl (C=S) groups is 1. The first-order valence-electron chi connectivity index (χ1n) is 11.0. The second kappa shape index (κ2) is 8.79. The van der Waals surface area contributed by atoms with Crippen LogP contribution in [0.5, 0.6) is 0 Å². The van der Waals surface area contributed by atoms with Crippen LogP contribution in [-0.2, 0) is 6.54 Å². The molecule has 0 aliphatic carbocycles. The number of nitrogens with one attached hydrogen (secondary N) is 1. The van der Waals surface area contributed by atoms with Crippen LogP contribution in [0, 0.1) is 13.8 Å². The molecule has 1 saturated heterocycles. The zero-order valence-electron chi connectivity index (χ0n) is 18.8. The fraction of sp³-hybridized carbons (Fsp3) is 0.192. The van der Waals surface area contributed by atoms with Crippen molar-refractivity contribution in [2.45, 2.75) is 32.5 Å². The molecule has 4 heterocycles. The van der Waals surface area contributed by atoms with Crippen LogP contribution in [-0.4, -0.2) is 30.6 Å². The summed E-state index contributed by atoms with van der Waals surface area (Å²) in [5.74, 6) is -0.153. The number of carboxylic acids is 1. The number of benzene rings is 1. The van der Waals surface area contributed by atoms with Gasteiger partial charge in [-0.05, 0) is 74.1 Å². The van der Waals surface area contributed by atoms with Crippen molar-refractivity contribution < 1.29 is 14.3 Å². The molecule has 5 rings (SSSR count). The van der Waals surface area contributed by atoms with Crippen molar-refractivity contribution in [2.24, 2.45) is 0 Å². The number of furan rings is 1. The van der Waals surface area contributed by atoms with Crippen molar-refractivity contribution in [3.63, 3.8) is 0 Å². The van der Waals surface area contributed by atoms with Crippen LogP contribution in [0.3, 0.4) is 0 Å². The van der Waals surface area contributed by atoms with Gasteiger partial charge < -0.3 is 24.3 Å². The van der Waals surface area contributed by atoms with Crippen LogP contribution in [0.25, 0.3) is 5.69 Å². The summed E-state index contributed by atoms with van der Waals surface area (Å²) in [6.45, 7) is 4.51. The summed E-state index contributed by atoms with van der Waals surface area (Å²) in [7, 11) is 0. The summed E-state index contributed by atoms with van der Waals surface area (Å²) in [4.78, 5) is 18.6. The molecule has 0 radical (unpaired) electrons. The van der Waals surface area contributed by atoms with Crippen LogP contribution in [0.4, 0.5) is 0 Å². The zero-order valence-corrected chi connectivity index (χ0v) is 19.6. The average Bonchev–Trinajstić information content (AvgIpc) is 3.53. The van der Waals surface area contributed by atoms with Crippen molar-refractivity contribution in [1.82, 2.24) is 19.8 Å². The van der Waals surface area contributed by atoms with Gasteiger partial charge in [-0.2, -0.15) is 0 Å². The molecule has 1 aliphatic rings. The maximum atomic E-state index is 11.9. The molecule has 172 valence electrons. The molecule has 1 aliphatic heterocycles. The van der Waals surface area contributed by atoms with E-state index in [-0.39, 0.29) is 17.6 Å². The van der Waals surface area contributed by atoms with Crippen molar-refractivity contribution in [3.8, 4) is 5.69 Å². The van der Waals surface area contributed by atoms with Gasteiger partial charge in [-0.25, -0.2) is 4.79 Å². The molecule has 8 heteroatoms. The van der Waals surface area contributed by atoms with Crippen molar-refractivity contribution >= 4 is 23.3 Å². The lowest BCUT2D eigenvalue weighted by molar-refractivity contribution is 0.0697. The Bertz CT molecular complexity index is 1350. The number of carboxylic acid groups (broad SMARTS) is 1. The third-order valence-corrected chi connectivity index (χ3v) is 6.62. The Morgan fingerprint density at radius 3 is 2.65 bits per heavy atom. The van der Waals surface area contributed by atoms with Gasteiger partial charge in [0.1, 0.15) is 5.76 Å². The molecular formula is C26H24N4O3S. The highest BCUT2D eigenvalue weighted by Crippen LogP contribution is 2.42. The van der Waals surface area contributed by atoms with Crippen LogP contribution < -0.4 is 5.32 Å². The van der Waals surface area contributed by atoms with Gasteiger partial charge in [0.05, 0.1) is 41.8 Å². The third kappa shape index (κ3) is 3.76. The third-order valence-electron chi connectivity index (χ3n) is 6.27. The summed E-state index contributed by atoms with van der Waals surface area (Å²) >= 11 is 5.76. The summed E-state index contributed by atoms with van der Waals surface area (Å²) in [5.41, 5.74) is 4.71. The van der Waals surface area contributed by atoms with E-state index in [1.807, 2.05) is 60.9 Å². The number of para-hydroxylation sites is 1. The fourth-order valence-electron chi connectivity index (χ4n) is 4.79. The Morgan fingerprint density at radius 1 is 1.15 bits per heavy atom. The van der Waals surface area contributed by atoms with Gasteiger partial charge in [0.2, 0.25) is 0 Å². The number of rotatable bonds is 6. The zero-order chi connectivity index (χ0) is 23.8. The van der Waals surface area contributed by atoms with E-state index < -0.39 is 5.97 Å². The SMILES string of the molecule is Cc1cc([C@@H]2[C@H](c3ccccn3)NC(=S)N2Cc2ccco2)c(C)n1-c1ccccc1C(=O)O. The van der Waals surface area contributed by atoms with Crippen LogP contribution in [0.2, 0.25) is 0 Å². The number of aromatic carboxylic acids is 1. The monoisotopic (exact) mass is 472 g/mol. The van der Waals surface area contributed by atoms with E-state index in [1.165, 1.54) is 0 Å². The van der Waals surface area contributed by atoms with Crippen molar-refractivity contribution in [3.05, 3.63) is 107 Å². The first-order chi connectivity index (χ1) is 16.5. The number of hydrogen-bond acceptors (Lipinski definition) is 4. The van der Waals surface area contributed by atoms with E-state index in [2.05, 4.69) is 21.3 Å². The Morgan fingerprint density at radius 2 is 1.94 bits per heavy atom. The van der Waals surface area contributed by atoms with Crippen molar-refractivity contribution in [2.75, 3.05) is 0 Å². The molecule has 0 amide bonds. The Kier molecular flexibility index (Phi) is 5.67. The molecule has 0 spiro atoms. The molecule has 7 nitrogen and oxygen atoms in total. The Balaban J connectivity index is 1.65. The normalized spacial score (nSPS) is 17.7. The molecule has 0 saturated carbocycles. The predicted octanol–water partition coefficient (Wildman–Crippen LogP) is 4.95. The largest absolute Gasteiger partial charge is 0.478 e. The predicted molar refractivity (Wildman–Crippen MR) is 132 cm³/mol. The lowest BCUT2D eigenvalue weighted by Crippen LogP contribution is -2.29. The summed E-state index contributed by atoms with van der Waals surface area (Å²) in [5, 5.41) is 13.8.